The minimum atomic E-state index is -1.40. The smallest absolute Gasteiger partial charge is 0.332 e. The molecule has 0 bridgehead atoms. The topological polar surface area (TPSA) is 52.6 Å². The maximum absolute atomic E-state index is 12.7. The lowest BCUT2D eigenvalue weighted by Gasteiger charge is -2.28. The van der Waals surface area contributed by atoms with Crippen molar-refractivity contribution >= 4 is 11.9 Å². The van der Waals surface area contributed by atoms with E-state index in [2.05, 4.69) is 0 Å². The van der Waals surface area contributed by atoms with Crippen LogP contribution in [-0.2, 0) is 9.59 Å². The molecule has 2 aromatic carbocycles. The molecule has 2 aromatic rings. The number of benzene rings is 2. The van der Waals surface area contributed by atoms with E-state index in [1.165, 1.54) is 0 Å². The molecule has 0 unspecified atom stereocenters. The average Bonchev–Trinajstić information content (AvgIpc) is 2.64. The third-order valence-electron chi connectivity index (χ3n) is 3.98. The van der Waals surface area contributed by atoms with E-state index in [0.717, 1.165) is 12.8 Å². The molecule has 4 heteroatoms. The van der Waals surface area contributed by atoms with E-state index in [9.17, 15) is 9.59 Å². The van der Waals surface area contributed by atoms with Gasteiger partial charge < -0.3 is 9.47 Å². The van der Waals surface area contributed by atoms with Gasteiger partial charge >= 0.3 is 11.9 Å². The Bertz CT molecular complexity index is 681. The lowest BCUT2D eigenvalue weighted by Crippen LogP contribution is -2.44. The fourth-order valence-electron chi connectivity index (χ4n) is 2.66. The van der Waals surface area contributed by atoms with Crippen LogP contribution in [0.5, 0.6) is 11.5 Å². The van der Waals surface area contributed by atoms with E-state index >= 15 is 0 Å². The van der Waals surface area contributed by atoms with Crippen LogP contribution >= 0.6 is 0 Å². The van der Waals surface area contributed by atoms with Crippen LogP contribution in [0.15, 0.2) is 72.8 Å². The van der Waals surface area contributed by atoms with E-state index in [1.54, 1.807) is 54.6 Å². The van der Waals surface area contributed by atoms with Gasteiger partial charge in [0, 0.05) is 0 Å². The van der Waals surface area contributed by atoms with Crippen molar-refractivity contribution in [3.05, 3.63) is 72.8 Å². The Hall–Kier alpha value is -2.88. The van der Waals surface area contributed by atoms with Crippen molar-refractivity contribution in [3.8, 4) is 11.5 Å². The predicted molar refractivity (Wildman–Crippen MR) is 89.6 cm³/mol. The Morgan fingerprint density at radius 2 is 1.29 bits per heavy atom. The first kappa shape index (κ1) is 16.0. The Morgan fingerprint density at radius 3 is 1.71 bits per heavy atom. The Kier molecular flexibility index (Phi) is 4.75. The third-order valence-corrected chi connectivity index (χ3v) is 3.98. The first-order valence-electron chi connectivity index (χ1n) is 7.93. The summed E-state index contributed by atoms with van der Waals surface area (Å²) in [6, 6.07) is 17.5. The average molecular weight is 322 g/mol. The molecule has 0 radical (unpaired) electrons. The first-order chi connectivity index (χ1) is 11.7. The number of para-hydroxylation sites is 2. The summed E-state index contributed by atoms with van der Waals surface area (Å²) in [5.41, 5.74) is -1.40. The Labute approximate surface area is 140 Å². The van der Waals surface area contributed by atoms with Crippen LogP contribution in [0.2, 0.25) is 0 Å². The monoisotopic (exact) mass is 322 g/mol. The predicted octanol–water partition coefficient (Wildman–Crippen LogP) is 3.92. The maximum atomic E-state index is 12.7. The molecule has 0 spiro atoms. The quantitative estimate of drug-likeness (QED) is 0.370. The van der Waals surface area contributed by atoms with Gasteiger partial charge in [-0.25, -0.2) is 0 Å². The number of carbonyl (C=O) groups excluding carboxylic acids is 2. The summed E-state index contributed by atoms with van der Waals surface area (Å²) in [7, 11) is 0. The van der Waals surface area contributed by atoms with Crippen molar-refractivity contribution in [2.75, 3.05) is 0 Å². The van der Waals surface area contributed by atoms with Crippen LogP contribution in [-0.4, -0.2) is 11.9 Å². The van der Waals surface area contributed by atoms with Crippen molar-refractivity contribution in [1.82, 2.24) is 0 Å². The molecule has 0 saturated carbocycles. The summed E-state index contributed by atoms with van der Waals surface area (Å²) in [5, 5.41) is 0. The number of hydrogen-bond donors (Lipinski definition) is 0. The van der Waals surface area contributed by atoms with Gasteiger partial charge in [0.2, 0.25) is 0 Å². The third kappa shape index (κ3) is 3.38. The van der Waals surface area contributed by atoms with Gasteiger partial charge in [0.15, 0.2) is 5.41 Å². The number of esters is 2. The van der Waals surface area contributed by atoms with Gasteiger partial charge in [-0.3, -0.25) is 9.59 Å². The molecule has 0 aliphatic heterocycles. The normalized spacial score (nSPS) is 15.5. The van der Waals surface area contributed by atoms with Crippen LogP contribution in [0.3, 0.4) is 0 Å². The zero-order valence-electron chi connectivity index (χ0n) is 13.2. The highest BCUT2D eigenvalue weighted by Gasteiger charge is 2.48. The molecule has 122 valence electrons. The second-order valence-corrected chi connectivity index (χ2v) is 5.67. The van der Waals surface area contributed by atoms with Gasteiger partial charge in [-0.2, -0.15) is 0 Å². The number of ether oxygens (including phenoxy) is 2. The van der Waals surface area contributed by atoms with E-state index in [1.807, 2.05) is 18.2 Å². The van der Waals surface area contributed by atoms with Crippen LogP contribution in [0.1, 0.15) is 19.3 Å². The summed E-state index contributed by atoms with van der Waals surface area (Å²) in [5.74, 6) is -0.391. The zero-order chi connectivity index (χ0) is 16.8. The van der Waals surface area contributed by atoms with Gasteiger partial charge in [-0.15, -0.1) is 0 Å². The molecule has 3 rings (SSSR count). The standard InChI is InChI=1S/C20H18O4/c21-18(23-16-10-4-1-5-11-16)20(14-8-3-9-15-20)19(22)24-17-12-6-2-7-13-17/h1-2,4-8,10-14H,3,9,15H2. The van der Waals surface area contributed by atoms with E-state index in [0.29, 0.717) is 17.9 Å². The molecule has 0 saturated heterocycles. The molecule has 0 N–H and O–H groups in total. The number of hydrogen-bond acceptors (Lipinski definition) is 4. The summed E-state index contributed by atoms with van der Waals surface area (Å²) >= 11 is 0. The Balaban J connectivity index is 1.84. The maximum Gasteiger partial charge on any atom is 0.332 e. The molecule has 4 nitrogen and oxygen atoms in total. The zero-order valence-corrected chi connectivity index (χ0v) is 13.2. The second-order valence-electron chi connectivity index (χ2n) is 5.67. The largest absolute Gasteiger partial charge is 0.425 e. The summed E-state index contributed by atoms with van der Waals surface area (Å²) in [6.07, 6.45) is 5.39. The van der Waals surface area contributed by atoms with Crippen LogP contribution in [0.25, 0.3) is 0 Å². The van der Waals surface area contributed by atoms with Gasteiger partial charge in [0.25, 0.3) is 0 Å². The molecule has 1 aliphatic rings. The highest BCUT2D eigenvalue weighted by Crippen LogP contribution is 2.35. The van der Waals surface area contributed by atoms with E-state index < -0.39 is 17.4 Å². The minimum absolute atomic E-state index is 0.376. The molecule has 0 heterocycles. The summed E-state index contributed by atoms with van der Waals surface area (Å²) < 4.78 is 10.9. The van der Waals surface area contributed by atoms with Crippen molar-refractivity contribution < 1.29 is 19.1 Å². The second kappa shape index (κ2) is 7.13. The van der Waals surface area contributed by atoms with Crippen molar-refractivity contribution in [2.24, 2.45) is 5.41 Å². The molecule has 0 aromatic heterocycles. The molecule has 1 aliphatic carbocycles. The molecule has 0 atom stereocenters. The molecular formula is C20H18O4. The lowest BCUT2D eigenvalue weighted by molar-refractivity contribution is -0.158. The SMILES string of the molecule is O=C(Oc1ccccc1)C1(C(=O)Oc2ccccc2)C=CCCC1. The van der Waals surface area contributed by atoms with E-state index in [-0.39, 0.29) is 0 Å². The van der Waals surface area contributed by atoms with Gasteiger partial charge in [0.1, 0.15) is 11.5 Å². The highest BCUT2D eigenvalue weighted by molar-refractivity contribution is 6.04. The Morgan fingerprint density at radius 1 is 0.792 bits per heavy atom. The number of allylic oxidation sites excluding steroid dienone is 1. The summed E-state index contributed by atoms with van der Waals surface area (Å²) in [6.45, 7) is 0. The lowest BCUT2D eigenvalue weighted by atomic mass is 9.79. The fraction of sp³-hybridized carbons (Fsp3) is 0.200. The van der Waals surface area contributed by atoms with Gasteiger partial charge in [-0.1, -0.05) is 48.6 Å². The minimum Gasteiger partial charge on any atom is -0.425 e. The van der Waals surface area contributed by atoms with Crippen molar-refractivity contribution in [1.29, 1.82) is 0 Å². The van der Waals surface area contributed by atoms with Crippen LogP contribution < -0.4 is 9.47 Å². The van der Waals surface area contributed by atoms with Gasteiger partial charge in [0.05, 0.1) is 0 Å². The fourth-order valence-corrected chi connectivity index (χ4v) is 2.66. The summed E-state index contributed by atoms with van der Waals surface area (Å²) in [4.78, 5) is 25.5. The number of carbonyl (C=O) groups is 2. The van der Waals surface area contributed by atoms with Crippen LogP contribution in [0.4, 0.5) is 0 Å². The van der Waals surface area contributed by atoms with Crippen LogP contribution in [0, 0.1) is 5.41 Å². The van der Waals surface area contributed by atoms with Crippen molar-refractivity contribution in [3.63, 3.8) is 0 Å². The molecule has 0 fully saturated rings. The molecule has 0 amide bonds. The molecule has 24 heavy (non-hydrogen) atoms. The number of rotatable bonds is 4. The first-order valence-corrected chi connectivity index (χ1v) is 7.93. The van der Waals surface area contributed by atoms with E-state index in [4.69, 9.17) is 9.47 Å². The molecular weight excluding hydrogens is 304 g/mol. The van der Waals surface area contributed by atoms with Crippen molar-refractivity contribution in [2.45, 2.75) is 19.3 Å². The highest BCUT2D eigenvalue weighted by atomic mass is 16.6. The van der Waals surface area contributed by atoms with Gasteiger partial charge in [-0.05, 0) is 43.5 Å².